The van der Waals surface area contributed by atoms with Crippen molar-refractivity contribution < 1.29 is 36.2 Å². The predicted octanol–water partition coefficient (Wildman–Crippen LogP) is 3.18. The fourth-order valence-electron chi connectivity index (χ4n) is 5.18. The van der Waals surface area contributed by atoms with Gasteiger partial charge in [-0.15, -0.1) is 0 Å². The van der Waals surface area contributed by atoms with Gasteiger partial charge in [-0.2, -0.15) is 31.4 Å². The highest BCUT2D eigenvalue weighted by Crippen LogP contribution is 2.48. The first kappa shape index (κ1) is 24.5. The van der Waals surface area contributed by atoms with E-state index in [2.05, 4.69) is 15.4 Å². The monoisotopic (exact) mass is 491 g/mol. The van der Waals surface area contributed by atoms with Crippen LogP contribution in [0.3, 0.4) is 0 Å². The molecule has 0 radical (unpaired) electrons. The molecular weight excluding hydrogens is 468 g/mol. The second kappa shape index (κ2) is 8.84. The number of hydrogen-bond donors (Lipinski definition) is 2. The van der Waals surface area contributed by atoms with E-state index in [1.165, 1.54) is 0 Å². The third-order valence-electron chi connectivity index (χ3n) is 6.59. The van der Waals surface area contributed by atoms with E-state index in [9.17, 15) is 36.2 Å². The number of aliphatic carboxylic acids is 1. The molecule has 34 heavy (non-hydrogen) atoms. The SMILES string of the molecule is CCn1cc(CN2CC3C(C(=O)O)NC(C(C(F)(F)F)C(F)(F)F)C3C2)c(-c2ccncc2)n1. The number of aryl methyl sites for hydroxylation is 1. The molecule has 2 N–H and O–H groups in total. The maximum Gasteiger partial charge on any atom is 0.402 e. The number of nitrogens with one attached hydrogen (secondary N) is 1. The normalized spacial score (nSPS) is 25.8. The van der Waals surface area contributed by atoms with Crippen LogP contribution < -0.4 is 5.32 Å². The van der Waals surface area contributed by atoms with Gasteiger partial charge in [0.25, 0.3) is 0 Å². The van der Waals surface area contributed by atoms with E-state index in [1.807, 2.05) is 6.92 Å². The van der Waals surface area contributed by atoms with Gasteiger partial charge in [0.1, 0.15) is 6.04 Å². The molecule has 7 nitrogen and oxygen atoms in total. The Labute approximate surface area is 190 Å². The van der Waals surface area contributed by atoms with Gasteiger partial charge < -0.3 is 10.4 Å². The van der Waals surface area contributed by atoms with E-state index < -0.39 is 48.2 Å². The van der Waals surface area contributed by atoms with Crippen LogP contribution in [0.4, 0.5) is 26.3 Å². The first-order valence-corrected chi connectivity index (χ1v) is 10.7. The molecule has 186 valence electrons. The van der Waals surface area contributed by atoms with Crippen molar-refractivity contribution in [3.05, 3.63) is 36.3 Å². The highest BCUT2D eigenvalue weighted by molar-refractivity contribution is 5.74. The molecule has 2 saturated heterocycles. The molecule has 13 heteroatoms. The molecule has 4 heterocycles. The Morgan fingerprint density at radius 2 is 1.76 bits per heavy atom. The van der Waals surface area contributed by atoms with Gasteiger partial charge in [-0.3, -0.25) is 19.4 Å². The van der Waals surface area contributed by atoms with Gasteiger partial charge in [0.2, 0.25) is 0 Å². The molecule has 2 aliphatic rings. The van der Waals surface area contributed by atoms with E-state index in [0.29, 0.717) is 12.2 Å². The Hall–Kier alpha value is -2.67. The number of likely N-dealkylation sites (tertiary alicyclic amines) is 1. The van der Waals surface area contributed by atoms with Crippen molar-refractivity contribution in [2.75, 3.05) is 13.1 Å². The number of halogens is 6. The standard InChI is InChI=1S/C21H23F6N5O2/c1-2-32-8-12(15(30-32)11-3-5-28-6-4-11)7-31-9-13-14(10-31)17(19(33)34)29-16(13)18(20(22,23)24)21(25,26)27/h3-6,8,13-14,16-18,29H,2,7,9-10H2,1H3,(H,33,34). The lowest BCUT2D eigenvalue weighted by atomic mass is 9.84. The molecule has 2 fully saturated rings. The molecule has 0 amide bonds. The topological polar surface area (TPSA) is 83.3 Å². The predicted molar refractivity (Wildman–Crippen MR) is 107 cm³/mol. The third-order valence-corrected chi connectivity index (χ3v) is 6.59. The van der Waals surface area contributed by atoms with Gasteiger partial charge in [-0.1, -0.05) is 0 Å². The maximum atomic E-state index is 13.4. The van der Waals surface area contributed by atoms with E-state index in [4.69, 9.17) is 0 Å². The van der Waals surface area contributed by atoms with Gasteiger partial charge >= 0.3 is 18.3 Å². The number of carboxylic acid groups (broad SMARTS) is 1. The Bertz CT molecular complexity index is 1010. The summed E-state index contributed by atoms with van der Waals surface area (Å²) in [5.74, 6) is -7.12. The summed E-state index contributed by atoms with van der Waals surface area (Å²) in [5, 5.41) is 16.2. The van der Waals surface area contributed by atoms with Crippen LogP contribution in [-0.4, -0.2) is 68.3 Å². The van der Waals surface area contributed by atoms with E-state index in [-0.39, 0.29) is 19.6 Å². The van der Waals surface area contributed by atoms with Crippen molar-refractivity contribution in [3.63, 3.8) is 0 Å². The molecule has 4 unspecified atom stereocenters. The average molecular weight is 491 g/mol. The van der Waals surface area contributed by atoms with Crippen LogP contribution in [0, 0.1) is 17.8 Å². The molecule has 0 spiro atoms. The number of carboxylic acids is 1. The number of fused-ring (bicyclic) bond motifs is 1. The van der Waals surface area contributed by atoms with E-state index >= 15 is 0 Å². The highest BCUT2D eigenvalue weighted by atomic mass is 19.4. The number of pyridine rings is 1. The third kappa shape index (κ3) is 4.63. The number of carbonyl (C=O) groups is 1. The van der Waals surface area contributed by atoms with Crippen LogP contribution in [0.25, 0.3) is 11.3 Å². The molecule has 4 rings (SSSR count). The Balaban J connectivity index is 1.62. The fraction of sp³-hybridized carbons (Fsp3) is 0.571. The summed E-state index contributed by atoms with van der Waals surface area (Å²) in [4.78, 5) is 17.4. The van der Waals surface area contributed by atoms with Crippen LogP contribution in [0.2, 0.25) is 0 Å². The zero-order chi connectivity index (χ0) is 24.8. The Morgan fingerprint density at radius 3 is 2.32 bits per heavy atom. The quantitative estimate of drug-likeness (QED) is 0.605. The first-order valence-electron chi connectivity index (χ1n) is 10.7. The smallest absolute Gasteiger partial charge is 0.402 e. The number of alkyl halides is 6. The summed E-state index contributed by atoms with van der Waals surface area (Å²) >= 11 is 0. The van der Waals surface area contributed by atoms with Gasteiger partial charge in [0.15, 0.2) is 5.92 Å². The highest BCUT2D eigenvalue weighted by Gasteiger charge is 2.66. The molecule has 2 aromatic heterocycles. The first-order chi connectivity index (χ1) is 15.9. The van der Waals surface area contributed by atoms with Crippen molar-refractivity contribution in [2.45, 2.75) is 44.4 Å². The summed E-state index contributed by atoms with van der Waals surface area (Å²) in [6.07, 6.45) is -6.16. The van der Waals surface area contributed by atoms with Gasteiger partial charge in [-0.25, -0.2) is 0 Å². The molecule has 0 aromatic carbocycles. The Morgan fingerprint density at radius 1 is 1.15 bits per heavy atom. The lowest BCUT2D eigenvalue weighted by molar-refractivity contribution is -0.293. The minimum absolute atomic E-state index is 0.0562. The van der Waals surface area contributed by atoms with Crippen LogP contribution in [0.5, 0.6) is 0 Å². The zero-order valence-corrected chi connectivity index (χ0v) is 18.0. The number of rotatable bonds is 6. The summed E-state index contributed by atoms with van der Waals surface area (Å²) in [6.45, 7) is 2.62. The number of nitrogens with zero attached hydrogens (tertiary/aromatic N) is 4. The van der Waals surface area contributed by atoms with E-state index in [0.717, 1.165) is 11.1 Å². The molecule has 0 aliphatic carbocycles. The largest absolute Gasteiger partial charge is 0.480 e. The molecule has 2 aliphatic heterocycles. The second-order valence-corrected chi connectivity index (χ2v) is 8.69. The minimum Gasteiger partial charge on any atom is -0.480 e. The van der Waals surface area contributed by atoms with Crippen molar-refractivity contribution in [2.24, 2.45) is 17.8 Å². The van der Waals surface area contributed by atoms with E-state index in [1.54, 1.807) is 40.3 Å². The zero-order valence-electron chi connectivity index (χ0n) is 18.0. The van der Waals surface area contributed by atoms with Crippen LogP contribution in [0.1, 0.15) is 12.5 Å². The van der Waals surface area contributed by atoms with Crippen molar-refractivity contribution in [1.82, 2.24) is 25.0 Å². The van der Waals surface area contributed by atoms with Crippen LogP contribution in [-0.2, 0) is 17.9 Å². The average Bonchev–Trinajstić information content (AvgIpc) is 3.41. The maximum absolute atomic E-state index is 13.4. The fourth-order valence-corrected chi connectivity index (χ4v) is 5.18. The second-order valence-electron chi connectivity index (χ2n) is 8.69. The molecule has 2 aromatic rings. The van der Waals surface area contributed by atoms with Crippen LogP contribution >= 0.6 is 0 Å². The molecule has 0 bridgehead atoms. The Kier molecular flexibility index (Phi) is 6.36. The van der Waals surface area contributed by atoms with Crippen molar-refractivity contribution >= 4 is 5.97 Å². The number of hydrogen-bond acceptors (Lipinski definition) is 5. The van der Waals surface area contributed by atoms with Gasteiger partial charge in [0.05, 0.1) is 5.69 Å². The summed E-state index contributed by atoms with van der Waals surface area (Å²) in [6, 6.07) is -0.0656. The minimum atomic E-state index is -5.56. The number of aromatic nitrogens is 3. The van der Waals surface area contributed by atoms with Crippen LogP contribution in [0.15, 0.2) is 30.7 Å². The van der Waals surface area contributed by atoms with Gasteiger partial charge in [0, 0.05) is 67.9 Å². The lowest BCUT2D eigenvalue weighted by Gasteiger charge is -2.32. The lowest BCUT2D eigenvalue weighted by Crippen LogP contribution is -2.53. The summed E-state index contributed by atoms with van der Waals surface area (Å²) < 4.78 is 82.3. The summed E-state index contributed by atoms with van der Waals surface area (Å²) in [5.41, 5.74) is 2.15. The summed E-state index contributed by atoms with van der Waals surface area (Å²) in [7, 11) is 0. The molecule has 0 saturated carbocycles. The molecular formula is C21H23F6N5O2. The van der Waals surface area contributed by atoms with Crippen molar-refractivity contribution in [3.8, 4) is 11.3 Å². The van der Waals surface area contributed by atoms with Gasteiger partial charge in [-0.05, 0) is 25.0 Å². The molecule has 4 atom stereocenters. The van der Waals surface area contributed by atoms with Crippen molar-refractivity contribution in [1.29, 1.82) is 0 Å².